The maximum atomic E-state index is 5.31. The second-order valence-corrected chi connectivity index (χ2v) is 7.37. The van der Waals surface area contributed by atoms with Crippen molar-refractivity contribution in [3.63, 3.8) is 0 Å². The Balaban J connectivity index is 1.42. The van der Waals surface area contributed by atoms with Gasteiger partial charge in [-0.1, -0.05) is 5.16 Å². The van der Waals surface area contributed by atoms with Gasteiger partial charge >= 0.3 is 0 Å². The number of aromatic nitrogens is 4. The van der Waals surface area contributed by atoms with Crippen LogP contribution in [0, 0.1) is 20.8 Å². The second kappa shape index (κ2) is 7.56. The Kier molecular flexibility index (Phi) is 4.99. The zero-order chi connectivity index (χ0) is 18.8. The second-order valence-electron chi connectivity index (χ2n) is 7.37. The van der Waals surface area contributed by atoms with Crippen LogP contribution in [0.5, 0.6) is 0 Å². The quantitative estimate of drug-likeness (QED) is 0.702. The van der Waals surface area contributed by atoms with Crippen molar-refractivity contribution in [3.05, 3.63) is 59.1 Å². The van der Waals surface area contributed by atoms with Crippen molar-refractivity contribution < 1.29 is 4.52 Å². The number of nitrogens with zero attached hydrogens (tertiary/aromatic N) is 5. The fraction of sp³-hybridized carbons (Fsp3) is 0.429. The summed E-state index contributed by atoms with van der Waals surface area (Å²) in [7, 11) is 0. The summed E-state index contributed by atoms with van der Waals surface area (Å²) in [5, 5.41) is 4.06. The van der Waals surface area contributed by atoms with Crippen LogP contribution in [0.1, 0.15) is 47.2 Å². The van der Waals surface area contributed by atoms with E-state index in [1.807, 2.05) is 39.4 Å². The van der Waals surface area contributed by atoms with Crippen LogP contribution >= 0.6 is 0 Å². The number of pyridine rings is 1. The van der Waals surface area contributed by atoms with Gasteiger partial charge in [0.2, 0.25) is 0 Å². The molecular formula is C21H25N5O. The van der Waals surface area contributed by atoms with Gasteiger partial charge in [0.25, 0.3) is 0 Å². The van der Waals surface area contributed by atoms with Crippen LogP contribution in [0.25, 0.3) is 11.3 Å². The molecule has 3 aromatic rings. The first-order valence-electron chi connectivity index (χ1n) is 9.49. The lowest BCUT2D eigenvalue weighted by molar-refractivity contribution is 0.202. The molecule has 0 N–H and O–H groups in total. The van der Waals surface area contributed by atoms with E-state index in [4.69, 9.17) is 4.52 Å². The molecule has 0 amide bonds. The SMILES string of the molecule is Cc1cnc(CN2CCC(c3ccnc(-c4c(C)noc4C)c3)CC2)cn1. The average molecular weight is 363 g/mol. The molecule has 1 aliphatic rings. The van der Waals surface area contributed by atoms with Crippen molar-refractivity contribution >= 4 is 0 Å². The molecule has 140 valence electrons. The topological polar surface area (TPSA) is 67.9 Å². The Morgan fingerprint density at radius 1 is 1.07 bits per heavy atom. The van der Waals surface area contributed by atoms with Crippen LogP contribution in [-0.2, 0) is 6.54 Å². The molecule has 4 heterocycles. The molecule has 3 aromatic heterocycles. The van der Waals surface area contributed by atoms with Crippen molar-refractivity contribution in [2.45, 2.75) is 46.1 Å². The van der Waals surface area contributed by atoms with E-state index in [-0.39, 0.29) is 0 Å². The number of piperidine rings is 1. The van der Waals surface area contributed by atoms with Crippen LogP contribution in [0.3, 0.4) is 0 Å². The van der Waals surface area contributed by atoms with Gasteiger partial charge in [0, 0.05) is 25.1 Å². The number of hydrogen-bond acceptors (Lipinski definition) is 6. The van der Waals surface area contributed by atoms with Gasteiger partial charge < -0.3 is 4.52 Å². The van der Waals surface area contributed by atoms with Gasteiger partial charge in [-0.2, -0.15) is 0 Å². The van der Waals surface area contributed by atoms with E-state index in [1.54, 1.807) is 0 Å². The highest BCUT2D eigenvalue weighted by Gasteiger charge is 2.22. The van der Waals surface area contributed by atoms with Gasteiger partial charge in [-0.15, -0.1) is 0 Å². The molecule has 6 heteroatoms. The van der Waals surface area contributed by atoms with Gasteiger partial charge in [0.1, 0.15) is 5.76 Å². The van der Waals surface area contributed by atoms with Crippen LogP contribution in [0.15, 0.2) is 35.2 Å². The van der Waals surface area contributed by atoms with Gasteiger partial charge in [0.05, 0.1) is 28.3 Å². The summed E-state index contributed by atoms with van der Waals surface area (Å²) in [6, 6.07) is 4.35. The molecule has 6 nitrogen and oxygen atoms in total. The molecule has 1 aliphatic heterocycles. The van der Waals surface area contributed by atoms with Gasteiger partial charge in [-0.3, -0.25) is 19.9 Å². The lowest BCUT2D eigenvalue weighted by atomic mass is 9.89. The molecule has 0 aliphatic carbocycles. The molecule has 27 heavy (non-hydrogen) atoms. The van der Waals surface area contributed by atoms with Gasteiger partial charge in [0.15, 0.2) is 0 Å². The van der Waals surface area contributed by atoms with Crippen LogP contribution in [0.2, 0.25) is 0 Å². The number of likely N-dealkylation sites (tertiary alicyclic amines) is 1. The normalized spacial score (nSPS) is 16.0. The van der Waals surface area contributed by atoms with Crippen molar-refractivity contribution in [2.75, 3.05) is 13.1 Å². The van der Waals surface area contributed by atoms with E-state index < -0.39 is 0 Å². The minimum absolute atomic E-state index is 0.563. The standard InChI is InChI=1S/C21H25N5O/c1-14-11-24-19(12-23-14)13-26-8-5-17(6-9-26)18-4-7-22-20(10-18)21-15(2)25-27-16(21)3/h4,7,10-12,17H,5-6,8-9,13H2,1-3H3. The summed E-state index contributed by atoms with van der Waals surface area (Å²) in [5.74, 6) is 1.39. The summed E-state index contributed by atoms with van der Waals surface area (Å²) in [5.41, 5.74) is 6.24. The first-order chi connectivity index (χ1) is 13.1. The van der Waals surface area contributed by atoms with E-state index in [0.29, 0.717) is 5.92 Å². The monoisotopic (exact) mass is 363 g/mol. The highest BCUT2D eigenvalue weighted by atomic mass is 16.5. The zero-order valence-electron chi connectivity index (χ0n) is 16.1. The molecule has 1 saturated heterocycles. The third-order valence-electron chi connectivity index (χ3n) is 5.35. The summed E-state index contributed by atoms with van der Waals surface area (Å²) >= 11 is 0. The van der Waals surface area contributed by atoms with Crippen molar-refractivity contribution in [1.82, 2.24) is 25.0 Å². The zero-order valence-corrected chi connectivity index (χ0v) is 16.1. The molecular weight excluding hydrogens is 338 g/mol. The van der Waals surface area contributed by atoms with Gasteiger partial charge in [-0.05, 0) is 70.3 Å². The molecule has 1 fully saturated rings. The molecule has 4 rings (SSSR count). The van der Waals surface area contributed by atoms with Crippen LogP contribution in [0.4, 0.5) is 0 Å². The van der Waals surface area contributed by atoms with E-state index in [9.17, 15) is 0 Å². The van der Waals surface area contributed by atoms with Crippen LogP contribution < -0.4 is 0 Å². The smallest absolute Gasteiger partial charge is 0.143 e. The summed E-state index contributed by atoms with van der Waals surface area (Å²) in [6.07, 6.45) is 7.93. The highest BCUT2D eigenvalue weighted by molar-refractivity contribution is 5.64. The van der Waals surface area contributed by atoms with E-state index in [1.165, 1.54) is 5.56 Å². The number of aryl methyl sites for hydroxylation is 3. The lowest BCUT2D eigenvalue weighted by Crippen LogP contribution is -2.32. The minimum atomic E-state index is 0.563. The Labute approximate surface area is 159 Å². The van der Waals surface area contributed by atoms with Crippen LogP contribution in [-0.4, -0.2) is 38.1 Å². The Morgan fingerprint density at radius 3 is 2.56 bits per heavy atom. The van der Waals surface area contributed by atoms with Crippen molar-refractivity contribution in [2.24, 2.45) is 0 Å². The first kappa shape index (κ1) is 17.8. The third-order valence-corrected chi connectivity index (χ3v) is 5.35. The summed E-state index contributed by atoms with van der Waals surface area (Å²) < 4.78 is 5.31. The molecule has 0 radical (unpaired) electrons. The van der Waals surface area contributed by atoms with Gasteiger partial charge in [-0.25, -0.2) is 0 Å². The predicted octanol–water partition coefficient (Wildman–Crippen LogP) is 3.83. The fourth-order valence-electron chi connectivity index (χ4n) is 3.84. The maximum absolute atomic E-state index is 5.31. The average Bonchev–Trinajstić information content (AvgIpc) is 3.03. The molecule has 0 bridgehead atoms. The third kappa shape index (κ3) is 3.90. The largest absolute Gasteiger partial charge is 0.361 e. The molecule has 0 aromatic carbocycles. The first-order valence-corrected chi connectivity index (χ1v) is 9.49. The minimum Gasteiger partial charge on any atom is -0.361 e. The van der Waals surface area contributed by atoms with E-state index >= 15 is 0 Å². The maximum Gasteiger partial charge on any atom is 0.143 e. The highest BCUT2D eigenvalue weighted by Crippen LogP contribution is 2.32. The summed E-state index contributed by atoms with van der Waals surface area (Å²) in [6.45, 7) is 8.89. The van der Waals surface area contributed by atoms with Crippen molar-refractivity contribution in [3.8, 4) is 11.3 Å². The Bertz CT molecular complexity index is 891. The number of hydrogen-bond donors (Lipinski definition) is 0. The molecule has 0 saturated carbocycles. The molecule has 0 unspecified atom stereocenters. The Morgan fingerprint density at radius 2 is 1.89 bits per heavy atom. The fourth-order valence-corrected chi connectivity index (χ4v) is 3.84. The summed E-state index contributed by atoms with van der Waals surface area (Å²) in [4.78, 5) is 15.8. The van der Waals surface area contributed by atoms with E-state index in [0.717, 1.165) is 66.6 Å². The van der Waals surface area contributed by atoms with E-state index in [2.05, 4.69) is 37.1 Å². The lowest BCUT2D eigenvalue weighted by Gasteiger charge is -2.32. The molecule has 0 spiro atoms. The number of rotatable bonds is 4. The Hall–Kier alpha value is -2.60. The predicted molar refractivity (Wildman–Crippen MR) is 103 cm³/mol. The van der Waals surface area contributed by atoms with Crippen molar-refractivity contribution in [1.29, 1.82) is 0 Å². The molecule has 0 atom stereocenters.